The molecule has 0 amide bonds. The molecule has 0 aliphatic rings. The Morgan fingerprint density at radius 3 is 2.33 bits per heavy atom. The zero-order chi connectivity index (χ0) is 20.2. The summed E-state index contributed by atoms with van der Waals surface area (Å²) < 4.78 is 40.9. The van der Waals surface area contributed by atoms with Crippen molar-refractivity contribution in [2.24, 2.45) is 13.0 Å². The average Bonchev–Trinajstić information content (AvgIpc) is 2.95. The first-order chi connectivity index (χ1) is 12.7. The summed E-state index contributed by atoms with van der Waals surface area (Å²) in [4.78, 5) is 3.91. The van der Waals surface area contributed by atoms with Crippen LogP contribution < -0.4 is 14.2 Å². The molecule has 9 heteroatoms. The fourth-order valence-electron chi connectivity index (χ4n) is 2.62. The summed E-state index contributed by atoms with van der Waals surface area (Å²) in [7, 11) is -2.20. The summed E-state index contributed by atoms with van der Waals surface area (Å²) in [6.07, 6.45) is 1.38. The van der Waals surface area contributed by atoms with Crippen molar-refractivity contribution in [2.45, 2.75) is 38.8 Å². The second-order valence-corrected chi connectivity index (χ2v) is 8.37. The van der Waals surface area contributed by atoms with Crippen molar-refractivity contribution in [2.75, 3.05) is 13.2 Å². The fraction of sp³-hybridized carbons (Fsp3) is 0.500. The van der Waals surface area contributed by atoms with Gasteiger partial charge >= 0.3 is 0 Å². The summed E-state index contributed by atoms with van der Waals surface area (Å²) in [5, 5.41) is -0.00668. The predicted octanol–water partition coefficient (Wildman–Crippen LogP) is 3.55. The smallest absolute Gasteiger partial charge is 0.260 e. The van der Waals surface area contributed by atoms with Crippen molar-refractivity contribution in [3.63, 3.8) is 0 Å². The van der Waals surface area contributed by atoms with Gasteiger partial charge in [-0.15, -0.1) is 0 Å². The van der Waals surface area contributed by atoms with Gasteiger partial charge in [-0.1, -0.05) is 19.9 Å². The molecular weight excluding hydrogens is 390 g/mol. The molecule has 0 aliphatic heterocycles. The maximum absolute atomic E-state index is 12.8. The van der Waals surface area contributed by atoms with Crippen LogP contribution in [0, 0.1) is 5.92 Å². The lowest BCUT2D eigenvalue weighted by atomic mass is 9.97. The largest absolute Gasteiger partial charge is 0.490 e. The molecule has 1 N–H and O–H groups in total. The molecule has 0 fully saturated rings. The van der Waals surface area contributed by atoms with Crippen molar-refractivity contribution >= 4 is 21.6 Å². The lowest BCUT2D eigenvalue weighted by molar-refractivity contribution is 0.287. The molecule has 27 heavy (non-hydrogen) atoms. The molecule has 2 rings (SSSR count). The van der Waals surface area contributed by atoms with Crippen LogP contribution in [-0.4, -0.2) is 31.2 Å². The normalized spacial score (nSPS) is 13.0. The van der Waals surface area contributed by atoms with E-state index in [0.717, 1.165) is 5.56 Å². The van der Waals surface area contributed by atoms with Gasteiger partial charge in [0.2, 0.25) is 5.28 Å². The van der Waals surface area contributed by atoms with Gasteiger partial charge in [0.05, 0.1) is 13.2 Å². The molecule has 0 spiro atoms. The highest BCUT2D eigenvalue weighted by atomic mass is 35.5. The maximum Gasteiger partial charge on any atom is 0.260 e. The SMILES string of the molecule is CCOc1ccc([C@@H](NS(=O)(=O)c2cn(C)c(Cl)n2)C(C)C)cc1OCC. The van der Waals surface area contributed by atoms with Crippen molar-refractivity contribution in [1.29, 1.82) is 0 Å². The Balaban J connectivity index is 2.38. The van der Waals surface area contributed by atoms with Crippen LogP contribution in [0.1, 0.15) is 39.3 Å². The van der Waals surface area contributed by atoms with Crippen LogP contribution >= 0.6 is 11.6 Å². The Hall–Kier alpha value is -1.77. The van der Waals surface area contributed by atoms with Crippen molar-refractivity contribution < 1.29 is 17.9 Å². The first-order valence-corrected chi connectivity index (χ1v) is 10.7. The van der Waals surface area contributed by atoms with E-state index in [9.17, 15) is 8.42 Å². The number of aromatic nitrogens is 2. The van der Waals surface area contributed by atoms with E-state index in [1.165, 1.54) is 10.8 Å². The molecule has 0 saturated carbocycles. The van der Waals surface area contributed by atoms with Gasteiger partial charge < -0.3 is 14.0 Å². The highest BCUT2D eigenvalue weighted by molar-refractivity contribution is 7.89. The molecule has 1 atom stereocenters. The second-order valence-electron chi connectivity index (χ2n) is 6.37. The third-order valence-electron chi connectivity index (χ3n) is 3.95. The fourth-order valence-corrected chi connectivity index (χ4v) is 4.18. The highest BCUT2D eigenvalue weighted by Crippen LogP contribution is 2.33. The van der Waals surface area contributed by atoms with E-state index in [-0.39, 0.29) is 16.2 Å². The van der Waals surface area contributed by atoms with Crippen molar-refractivity contribution in [1.82, 2.24) is 14.3 Å². The van der Waals surface area contributed by atoms with E-state index in [2.05, 4.69) is 9.71 Å². The van der Waals surface area contributed by atoms with E-state index in [4.69, 9.17) is 21.1 Å². The summed E-state index contributed by atoms with van der Waals surface area (Å²) in [5.41, 5.74) is 0.780. The van der Waals surface area contributed by atoms with Gasteiger partial charge in [-0.3, -0.25) is 0 Å². The third kappa shape index (κ3) is 5.15. The summed E-state index contributed by atoms with van der Waals surface area (Å²) in [6, 6.07) is 4.98. The maximum atomic E-state index is 12.8. The number of benzene rings is 1. The highest BCUT2D eigenvalue weighted by Gasteiger charge is 2.27. The molecule has 150 valence electrons. The first kappa shape index (κ1) is 21.5. The number of sulfonamides is 1. The molecular formula is C18H26ClN3O4S. The van der Waals surface area contributed by atoms with Gasteiger partial charge in [-0.25, -0.2) is 18.1 Å². The van der Waals surface area contributed by atoms with Crippen LogP contribution in [0.15, 0.2) is 29.4 Å². The van der Waals surface area contributed by atoms with Crippen molar-refractivity contribution in [3.05, 3.63) is 35.2 Å². The van der Waals surface area contributed by atoms with Crippen molar-refractivity contribution in [3.8, 4) is 11.5 Å². The van der Waals surface area contributed by atoms with Gasteiger partial charge in [-0.05, 0) is 49.1 Å². The first-order valence-electron chi connectivity index (χ1n) is 8.80. The lowest BCUT2D eigenvalue weighted by Crippen LogP contribution is -2.32. The molecule has 0 radical (unpaired) electrons. The molecule has 1 heterocycles. The number of imidazole rings is 1. The summed E-state index contributed by atoms with van der Waals surface area (Å²) >= 11 is 5.88. The van der Waals surface area contributed by atoms with E-state index < -0.39 is 16.1 Å². The number of nitrogens with zero attached hydrogens (tertiary/aromatic N) is 2. The predicted molar refractivity (Wildman–Crippen MR) is 105 cm³/mol. The molecule has 0 bridgehead atoms. The van der Waals surface area contributed by atoms with Gasteiger partial charge in [-0.2, -0.15) is 0 Å². The summed E-state index contributed by atoms with van der Waals surface area (Å²) in [5.74, 6) is 1.21. The topological polar surface area (TPSA) is 82.5 Å². The molecule has 1 aromatic carbocycles. The van der Waals surface area contributed by atoms with Crippen LogP contribution in [0.5, 0.6) is 11.5 Å². The average molecular weight is 416 g/mol. The van der Waals surface area contributed by atoms with E-state index in [0.29, 0.717) is 24.7 Å². The van der Waals surface area contributed by atoms with Crippen LogP contribution in [0.3, 0.4) is 0 Å². The Morgan fingerprint density at radius 2 is 1.81 bits per heavy atom. The Kier molecular flexibility index (Phi) is 7.13. The Labute approximate surface area is 165 Å². The molecule has 2 aromatic rings. The lowest BCUT2D eigenvalue weighted by Gasteiger charge is -2.23. The molecule has 7 nitrogen and oxygen atoms in total. The van der Waals surface area contributed by atoms with Crippen LogP contribution in [-0.2, 0) is 17.1 Å². The Bertz CT molecular complexity index is 861. The summed E-state index contributed by atoms with van der Waals surface area (Å²) in [6.45, 7) is 8.65. The molecule has 0 unspecified atom stereocenters. The molecule has 0 aliphatic carbocycles. The zero-order valence-electron chi connectivity index (χ0n) is 16.2. The molecule has 0 saturated heterocycles. The van der Waals surface area contributed by atoms with Crippen LogP contribution in [0.2, 0.25) is 5.28 Å². The van der Waals surface area contributed by atoms with Gasteiger partial charge in [0.25, 0.3) is 10.0 Å². The van der Waals surface area contributed by atoms with Crippen LogP contribution in [0.4, 0.5) is 0 Å². The number of hydrogen-bond acceptors (Lipinski definition) is 5. The Morgan fingerprint density at radius 1 is 1.19 bits per heavy atom. The number of ether oxygens (including phenoxy) is 2. The second kappa shape index (κ2) is 8.95. The zero-order valence-corrected chi connectivity index (χ0v) is 17.8. The van der Waals surface area contributed by atoms with Crippen LogP contribution in [0.25, 0.3) is 0 Å². The number of rotatable bonds is 9. The minimum Gasteiger partial charge on any atom is -0.490 e. The molecule has 1 aromatic heterocycles. The van der Waals surface area contributed by atoms with E-state index in [1.807, 2.05) is 39.8 Å². The third-order valence-corrected chi connectivity index (χ3v) is 5.61. The quantitative estimate of drug-likeness (QED) is 0.677. The van der Waals surface area contributed by atoms with E-state index in [1.54, 1.807) is 13.1 Å². The number of aryl methyl sites for hydroxylation is 1. The minimum atomic E-state index is -3.84. The monoisotopic (exact) mass is 415 g/mol. The number of nitrogens with one attached hydrogen (secondary N) is 1. The number of halogens is 1. The van der Waals surface area contributed by atoms with Gasteiger partial charge in [0.1, 0.15) is 0 Å². The number of hydrogen-bond donors (Lipinski definition) is 1. The standard InChI is InChI=1S/C18H26ClN3O4S/c1-6-25-14-9-8-13(10-15(14)26-7-2)17(12(3)4)21-27(23,24)16-11-22(5)18(19)20-16/h8-12,17,21H,6-7H2,1-5H3/t17-/m0/s1. The minimum absolute atomic E-state index is 0.00798. The van der Waals surface area contributed by atoms with Gasteiger partial charge in [0.15, 0.2) is 16.5 Å². The van der Waals surface area contributed by atoms with Gasteiger partial charge in [0, 0.05) is 19.3 Å². The van der Waals surface area contributed by atoms with E-state index >= 15 is 0 Å².